The molecule has 0 radical (unpaired) electrons. The van der Waals surface area contributed by atoms with Gasteiger partial charge in [-0.1, -0.05) is 12.1 Å². The van der Waals surface area contributed by atoms with Crippen LogP contribution in [0.25, 0.3) is 0 Å². The number of aliphatic hydroxyl groups excluding tert-OH is 1. The van der Waals surface area contributed by atoms with Crippen molar-refractivity contribution in [3.05, 3.63) is 65.7 Å². The van der Waals surface area contributed by atoms with Crippen molar-refractivity contribution in [1.29, 1.82) is 0 Å². The second kappa shape index (κ2) is 6.46. The van der Waals surface area contributed by atoms with Crippen LogP contribution in [0.15, 0.2) is 48.5 Å². The molecule has 1 aliphatic heterocycles. The third-order valence-corrected chi connectivity index (χ3v) is 4.20. The molecular formula is C18H17F2NO2. The van der Waals surface area contributed by atoms with Gasteiger partial charge in [0.2, 0.25) is 5.91 Å². The average Bonchev–Trinajstić information content (AvgIpc) is 2.55. The second-order valence-electron chi connectivity index (χ2n) is 5.77. The molecule has 3 nitrogen and oxygen atoms in total. The summed E-state index contributed by atoms with van der Waals surface area (Å²) in [5, 5.41) is 10.1. The molecule has 1 saturated heterocycles. The largest absolute Gasteiger partial charge is 0.388 e. The molecule has 3 rings (SSSR count). The van der Waals surface area contributed by atoms with E-state index >= 15 is 0 Å². The molecular weight excluding hydrogens is 300 g/mol. The van der Waals surface area contributed by atoms with E-state index in [-0.39, 0.29) is 23.5 Å². The molecule has 2 atom stereocenters. The Morgan fingerprint density at radius 2 is 1.61 bits per heavy atom. The summed E-state index contributed by atoms with van der Waals surface area (Å²) in [7, 11) is 0. The van der Waals surface area contributed by atoms with Crippen LogP contribution in [0.2, 0.25) is 0 Å². The normalized spacial score (nSPS) is 18.7. The molecule has 120 valence electrons. The summed E-state index contributed by atoms with van der Waals surface area (Å²) in [5.41, 5.74) is 1.33. The molecule has 1 fully saturated rings. The van der Waals surface area contributed by atoms with Gasteiger partial charge in [0, 0.05) is 12.2 Å². The SMILES string of the molecule is O=C1[C@H](CC[C@H](O)c2ccc(F)cc2)CN1c1ccc(F)cc1. The number of amides is 1. The van der Waals surface area contributed by atoms with E-state index in [1.54, 1.807) is 29.2 Å². The maximum absolute atomic E-state index is 12.9. The van der Waals surface area contributed by atoms with Gasteiger partial charge in [0.05, 0.1) is 12.0 Å². The summed E-state index contributed by atoms with van der Waals surface area (Å²) in [6.45, 7) is 0.570. The minimum Gasteiger partial charge on any atom is -0.388 e. The van der Waals surface area contributed by atoms with Crippen LogP contribution in [-0.4, -0.2) is 17.6 Å². The number of nitrogens with zero attached hydrogens (tertiary/aromatic N) is 1. The highest BCUT2D eigenvalue weighted by Crippen LogP contribution is 2.31. The van der Waals surface area contributed by atoms with Crippen molar-refractivity contribution in [2.24, 2.45) is 5.92 Å². The number of carbonyl (C=O) groups is 1. The van der Waals surface area contributed by atoms with Crippen molar-refractivity contribution in [3.63, 3.8) is 0 Å². The van der Waals surface area contributed by atoms with Crippen LogP contribution in [0.3, 0.4) is 0 Å². The number of anilines is 1. The Hall–Kier alpha value is -2.27. The minimum atomic E-state index is -0.705. The molecule has 0 aliphatic carbocycles. The smallest absolute Gasteiger partial charge is 0.231 e. The number of aliphatic hydroxyl groups is 1. The van der Waals surface area contributed by atoms with E-state index in [1.807, 2.05) is 0 Å². The van der Waals surface area contributed by atoms with Gasteiger partial charge < -0.3 is 10.0 Å². The standard InChI is InChI=1S/C18H17F2NO2/c19-14-4-1-12(2-5-14)17(22)10-3-13-11-21(18(13)23)16-8-6-15(20)7-9-16/h1-2,4-9,13,17,22H,3,10-11H2/t13-,17+/m1/s1. The first-order valence-corrected chi connectivity index (χ1v) is 7.55. The average molecular weight is 317 g/mol. The molecule has 0 unspecified atom stereocenters. The fourth-order valence-corrected chi connectivity index (χ4v) is 2.78. The highest BCUT2D eigenvalue weighted by atomic mass is 19.1. The van der Waals surface area contributed by atoms with Crippen LogP contribution in [0.5, 0.6) is 0 Å². The van der Waals surface area contributed by atoms with Gasteiger partial charge in [0.1, 0.15) is 11.6 Å². The van der Waals surface area contributed by atoms with Crippen LogP contribution in [0, 0.1) is 17.6 Å². The van der Waals surface area contributed by atoms with Gasteiger partial charge in [-0.3, -0.25) is 4.79 Å². The van der Waals surface area contributed by atoms with Gasteiger partial charge in [-0.2, -0.15) is 0 Å². The van der Waals surface area contributed by atoms with Gasteiger partial charge in [-0.15, -0.1) is 0 Å². The van der Waals surface area contributed by atoms with Crippen molar-refractivity contribution in [2.75, 3.05) is 11.4 Å². The molecule has 0 saturated carbocycles. The lowest BCUT2D eigenvalue weighted by Gasteiger charge is -2.38. The Labute approximate surface area is 133 Å². The van der Waals surface area contributed by atoms with Crippen LogP contribution in [0.4, 0.5) is 14.5 Å². The zero-order valence-electron chi connectivity index (χ0n) is 12.5. The molecule has 1 N–H and O–H groups in total. The van der Waals surface area contributed by atoms with E-state index in [2.05, 4.69) is 0 Å². The van der Waals surface area contributed by atoms with Crippen molar-refractivity contribution < 1.29 is 18.7 Å². The quantitative estimate of drug-likeness (QED) is 0.858. The predicted molar refractivity (Wildman–Crippen MR) is 82.8 cm³/mol. The molecule has 0 aromatic heterocycles. The summed E-state index contributed by atoms with van der Waals surface area (Å²) in [6, 6.07) is 11.5. The highest BCUT2D eigenvalue weighted by molar-refractivity contribution is 6.01. The molecule has 2 aromatic rings. The molecule has 2 aromatic carbocycles. The Morgan fingerprint density at radius 1 is 1.04 bits per heavy atom. The van der Waals surface area contributed by atoms with Crippen molar-refractivity contribution in [2.45, 2.75) is 18.9 Å². The molecule has 5 heteroatoms. The number of β-lactam (4-membered cyclic amide) rings is 1. The Balaban J connectivity index is 1.52. The zero-order chi connectivity index (χ0) is 16.4. The third-order valence-electron chi connectivity index (χ3n) is 4.20. The number of hydrogen-bond donors (Lipinski definition) is 1. The van der Waals surface area contributed by atoms with Gasteiger partial charge in [-0.05, 0) is 54.8 Å². The summed E-state index contributed by atoms with van der Waals surface area (Å²) in [6.07, 6.45) is 0.303. The van der Waals surface area contributed by atoms with E-state index in [0.717, 1.165) is 0 Å². The van der Waals surface area contributed by atoms with Crippen LogP contribution < -0.4 is 4.90 Å². The Kier molecular flexibility index (Phi) is 4.39. The maximum Gasteiger partial charge on any atom is 0.231 e. The first-order chi connectivity index (χ1) is 11.0. The zero-order valence-corrected chi connectivity index (χ0v) is 12.5. The lowest BCUT2D eigenvalue weighted by Crippen LogP contribution is -2.52. The van der Waals surface area contributed by atoms with Crippen molar-refractivity contribution in [3.8, 4) is 0 Å². The van der Waals surface area contributed by atoms with Crippen molar-refractivity contribution in [1.82, 2.24) is 0 Å². The molecule has 0 spiro atoms. The molecule has 23 heavy (non-hydrogen) atoms. The first-order valence-electron chi connectivity index (χ1n) is 7.55. The van der Waals surface area contributed by atoms with Gasteiger partial charge >= 0.3 is 0 Å². The number of halogens is 2. The minimum absolute atomic E-state index is 0.0112. The first kappa shape index (κ1) is 15.6. The van der Waals surface area contributed by atoms with Gasteiger partial charge in [-0.25, -0.2) is 8.78 Å². The summed E-state index contributed by atoms with van der Waals surface area (Å²) in [4.78, 5) is 13.7. The number of carbonyl (C=O) groups excluding carboxylic acids is 1. The fourth-order valence-electron chi connectivity index (χ4n) is 2.78. The number of hydrogen-bond acceptors (Lipinski definition) is 2. The van der Waals surface area contributed by atoms with Crippen molar-refractivity contribution >= 4 is 11.6 Å². The summed E-state index contributed by atoms with van der Waals surface area (Å²) < 4.78 is 25.7. The van der Waals surface area contributed by atoms with E-state index in [0.29, 0.717) is 30.6 Å². The van der Waals surface area contributed by atoms with E-state index < -0.39 is 6.10 Å². The maximum atomic E-state index is 12.9. The van der Waals surface area contributed by atoms with Crippen LogP contribution >= 0.6 is 0 Å². The Morgan fingerprint density at radius 3 is 2.17 bits per heavy atom. The monoisotopic (exact) mass is 317 g/mol. The lowest BCUT2D eigenvalue weighted by molar-refractivity contribution is -0.127. The fraction of sp³-hybridized carbons (Fsp3) is 0.278. The second-order valence-corrected chi connectivity index (χ2v) is 5.77. The number of rotatable bonds is 5. The third kappa shape index (κ3) is 3.40. The lowest BCUT2D eigenvalue weighted by atomic mass is 9.90. The predicted octanol–water partition coefficient (Wildman–Crippen LogP) is 3.44. The molecule has 1 heterocycles. The van der Waals surface area contributed by atoms with E-state index in [1.165, 1.54) is 24.3 Å². The van der Waals surface area contributed by atoms with Crippen LogP contribution in [0.1, 0.15) is 24.5 Å². The summed E-state index contributed by atoms with van der Waals surface area (Å²) >= 11 is 0. The highest BCUT2D eigenvalue weighted by Gasteiger charge is 2.37. The molecule has 1 aliphatic rings. The van der Waals surface area contributed by atoms with E-state index in [9.17, 15) is 18.7 Å². The van der Waals surface area contributed by atoms with Crippen LogP contribution in [-0.2, 0) is 4.79 Å². The topological polar surface area (TPSA) is 40.5 Å². The van der Waals surface area contributed by atoms with Gasteiger partial charge in [0.25, 0.3) is 0 Å². The molecule has 1 amide bonds. The Bertz CT molecular complexity index is 685. The number of benzene rings is 2. The van der Waals surface area contributed by atoms with Gasteiger partial charge in [0.15, 0.2) is 0 Å². The molecule has 0 bridgehead atoms. The van der Waals surface area contributed by atoms with E-state index in [4.69, 9.17) is 0 Å². The summed E-state index contributed by atoms with van der Waals surface area (Å²) in [5.74, 6) is -0.816.